The lowest BCUT2D eigenvalue weighted by molar-refractivity contribution is -0.143. The Morgan fingerprint density at radius 3 is 2.89 bits per heavy atom. The average molecular weight is 377 g/mol. The molecule has 0 amide bonds. The summed E-state index contributed by atoms with van der Waals surface area (Å²) in [6, 6.07) is 8.42. The highest BCUT2D eigenvalue weighted by Crippen LogP contribution is 2.30. The fourth-order valence-electron chi connectivity index (χ4n) is 3.15. The standard InChI is InChI=1S/C20H32N4O3/c1-4-21-20(22-13-8-11-19(25)27-5-2)23-16-12-14-24(15-16)17-9-6-7-10-18(17)26-3/h6-7,9-10,16H,4-5,8,11-15H2,1-3H3,(H2,21,22,23). The van der Waals surface area contributed by atoms with Gasteiger partial charge in [0.15, 0.2) is 5.96 Å². The second-order valence-corrected chi connectivity index (χ2v) is 6.42. The molecule has 150 valence electrons. The number of carbonyl (C=O) groups excluding carboxylic acids is 1. The van der Waals surface area contributed by atoms with E-state index < -0.39 is 0 Å². The monoisotopic (exact) mass is 376 g/mol. The molecule has 1 aromatic rings. The van der Waals surface area contributed by atoms with E-state index in [2.05, 4.69) is 26.6 Å². The van der Waals surface area contributed by atoms with Gasteiger partial charge in [0.05, 0.1) is 19.4 Å². The Kier molecular flexibility index (Phi) is 8.74. The number of benzene rings is 1. The molecule has 1 aromatic carbocycles. The number of ether oxygens (including phenoxy) is 2. The molecule has 1 aliphatic heterocycles. The third-order valence-corrected chi connectivity index (χ3v) is 4.41. The first-order valence-electron chi connectivity index (χ1n) is 9.76. The van der Waals surface area contributed by atoms with E-state index in [0.29, 0.717) is 32.0 Å². The van der Waals surface area contributed by atoms with Crippen molar-refractivity contribution in [3.63, 3.8) is 0 Å². The first-order valence-corrected chi connectivity index (χ1v) is 9.76. The van der Waals surface area contributed by atoms with Gasteiger partial charge in [0.25, 0.3) is 0 Å². The van der Waals surface area contributed by atoms with Crippen LogP contribution < -0.4 is 20.3 Å². The van der Waals surface area contributed by atoms with Gasteiger partial charge in [0.2, 0.25) is 0 Å². The summed E-state index contributed by atoms with van der Waals surface area (Å²) in [6.45, 7) is 7.55. The van der Waals surface area contributed by atoms with E-state index in [9.17, 15) is 4.79 Å². The van der Waals surface area contributed by atoms with E-state index >= 15 is 0 Å². The van der Waals surface area contributed by atoms with Gasteiger partial charge in [-0.05, 0) is 38.8 Å². The second kappa shape index (κ2) is 11.3. The van der Waals surface area contributed by atoms with Crippen LogP contribution in [0.5, 0.6) is 5.75 Å². The molecule has 0 aliphatic carbocycles. The number of para-hydroxylation sites is 2. The molecule has 2 rings (SSSR count). The maximum absolute atomic E-state index is 11.4. The lowest BCUT2D eigenvalue weighted by Gasteiger charge is -2.22. The molecule has 0 radical (unpaired) electrons. The van der Waals surface area contributed by atoms with Crippen LogP contribution in [0.2, 0.25) is 0 Å². The van der Waals surface area contributed by atoms with E-state index in [0.717, 1.165) is 43.5 Å². The van der Waals surface area contributed by atoms with Gasteiger partial charge in [-0.1, -0.05) is 12.1 Å². The molecule has 7 heteroatoms. The summed E-state index contributed by atoms with van der Waals surface area (Å²) in [5, 5.41) is 6.79. The third-order valence-electron chi connectivity index (χ3n) is 4.41. The zero-order valence-corrected chi connectivity index (χ0v) is 16.7. The fourth-order valence-corrected chi connectivity index (χ4v) is 3.15. The molecule has 1 unspecified atom stereocenters. The van der Waals surface area contributed by atoms with Crippen molar-refractivity contribution in [2.45, 2.75) is 39.2 Å². The SMILES string of the molecule is CCNC(=NCCCC(=O)OCC)NC1CCN(c2ccccc2OC)C1. The Morgan fingerprint density at radius 1 is 1.33 bits per heavy atom. The van der Waals surface area contributed by atoms with Crippen molar-refractivity contribution in [2.75, 3.05) is 44.8 Å². The van der Waals surface area contributed by atoms with Gasteiger partial charge in [0, 0.05) is 38.6 Å². The van der Waals surface area contributed by atoms with Gasteiger partial charge in [-0.15, -0.1) is 0 Å². The molecular weight excluding hydrogens is 344 g/mol. The highest BCUT2D eigenvalue weighted by molar-refractivity contribution is 5.80. The van der Waals surface area contributed by atoms with Gasteiger partial charge in [-0.25, -0.2) is 0 Å². The highest BCUT2D eigenvalue weighted by atomic mass is 16.5. The van der Waals surface area contributed by atoms with Crippen LogP contribution in [0.15, 0.2) is 29.3 Å². The van der Waals surface area contributed by atoms with Gasteiger partial charge in [0.1, 0.15) is 5.75 Å². The van der Waals surface area contributed by atoms with Gasteiger partial charge in [-0.2, -0.15) is 0 Å². The van der Waals surface area contributed by atoms with Crippen molar-refractivity contribution in [3.8, 4) is 5.75 Å². The Hall–Kier alpha value is -2.44. The number of esters is 1. The molecule has 1 heterocycles. The highest BCUT2D eigenvalue weighted by Gasteiger charge is 2.25. The molecule has 27 heavy (non-hydrogen) atoms. The van der Waals surface area contributed by atoms with Gasteiger partial charge < -0.3 is 25.0 Å². The summed E-state index contributed by atoms with van der Waals surface area (Å²) < 4.78 is 10.4. The normalized spacial score (nSPS) is 16.9. The number of rotatable bonds is 9. The largest absolute Gasteiger partial charge is 0.495 e. The second-order valence-electron chi connectivity index (χ2n) is 6.42. The molecule has 1 fully saturated rings. The van der Waals surface area contributed by atoms with Crippen LogP contribution in [0.1, 0.15) is 33.1 Å². The molecule has 0 bridgehead atoms. The van der Waals surface area contributed by atoms with Crippen LogP contribution >= 0.6 is 0 Å². The van der Waals surface area contributed by atoms with E-state index in [1.165, 1.54) is 0 Å². The summed E-state index contributed by atoms with van der Waals surface area (Å²) in [5.74, 6) is 1.54. The number of aliphatic imine (C=N–C) groups is 1. The van der Waals surface area contributed by atoms with Crippen molar-refractivity contribution < 1.29 is 14.3 Å². The molecular formula is C20H32N4O3. The Labute approximate surface area is 162 Å². The molecule has 0 spiro atoms. The predicted octanol–water partition coefficient (Wildman–Crippen LogP) is 2.17. The molecule has 1 saturated heterocycles. The fraction of sp³-hybridized carbons (Fsp3) is 0.600. The van der Waals surface area contributed by atoms with Gasteiger partial charge >= 0.3 is 5.97 Å². The van der Waals surface area contributed by atoms with Crippen LogP contribution in [0.25, 0.3) is 0 Å². The lowest BCUT2D eigenvalue weighted by Crippen LogP contribution is -2.44. The minimum Gasteiger partial charge on any atom is -0.495 e. The van der Waals surface area contributed by atoms with E-state index in [1.807, 2.05) is 32.0 Å². The molecule has 0 aromatic heterocycles. The van der Waals surface area contributed by atoms with Crippen molar-refractivity contribution in [1.29, 1.82) is 0 Å². The Morgan fingerprint density at radius 2 is 2.15 bits per heavy atom. The first-order chi connectivity index (χ1) is 13.2. The first kappa shape index (κ1) is 20.9. The number of nitrogens with one attached hydrogen (secondary N) is 2. The smallest absolute Gasteiger partial charge is 0.305 e. The Bertz CT molecular complexity index is 621. The van der Waals surface area contributed by atoms with Crippen molar-refractivity contribution in [3.05, 3.63) is 24.3 Å². The number of hydrogen-bond donors (Lipinski definition) is 2. The average Bonchev–Trinajstić information content (AvgIpc) is 3.14. The number of anilines is 1. The topological polar surface area (TPSA) is 75.2 Å². The Balaban J connectivity index is 1.85. The summed E-state index contributed by atoms with van der Waals surface area (Å²) in [6.07, 6.45) is 2.13. The van der Waals surface area contributed by atoms with Crippen LogP contribution in [-0.2, 0) is 9.53 Å². The molecule has 7 nitrogen and oxygen atoms in total. The zero-order chi connectivity index (χ0) is 19.5. The molecule has 0 saturated carbocycles. The molecule has 2 N–H and O–H groups in total. The van der Waals surface area contributed by atoms with E-state index in [4.69, 9.17) is 9.47 Å². The predicted molar refractivity (Wildman–Crippen MR) is 109 cm³/mol. The molecule has 1 atom stereocenters. The van der Waals surface area contributed by atoms with Crippen LogP contribution in [0.3, 0.4) is 0 Å². The minimum atomic E-state index is -0.158. The number of guanidine groups is 1. The third kappa shape index (κ3) is 6.66. The summed E-state index contributed by atoms with van der Waals surface area (Å²) in [4.78, 5) is 18.3. The van der Waals surface area contributed by atoms with Crippen LogP contribution in [0.4, 0.5) is 5.69 Å². The summed E-state index contributed by atoms with van der Waals surface area (Å²) in [7, 11) is 1.71. The number of hydrogen-bond acceptors (Lipinski definition) is 5. The quantitative estimate of drug-likeness (QED) is 0.298. The van der Waals surface area contributed by atoms with Crippen molar-refractivity contribution in [1.82, 2.24) is 10.6 Å². The maximum atomic E-state index is 11.4. The zero-order valence-electron chi connectivity index (χ0n) is 16.7. The van der Waals surface area contributed by atoms with Crippen molar-refractivity contribution >= 4 is 17.6 Å². The summed E-state index contributed by atoms with van der Waals surface area (Å²) >= 11 is 0. The molecule has 1 aliphatic rings. The van der Waals surface area contributed by atoms with Crippen LogP contribution in [0, 0.1) is 0 Å². The number of carbonyl (C=O) groups is 1. The maximum Gasteiger partial charge on any atom is 0.305 e. The summed E-state index contributed by atoms with van der Waals surface area (Å²) in [5.41, 5.74) is 1.13. The number of nitrogens with zero attached hydrogens (tertiary/aromatic N) is 2. The van der Waals surface area contributed by atoms with Crippen molar-refractivity contribution in [2.24, 2.45) is 4.99 Å². The van der Waals surface area contributed by atoms with Gasteiger partial charge in [-0.3, -0.25) is 9.79 Å². The minimum absolute atomic E-state index is 0.158. The van der Waals surface area contributed by atoms with E-state index in [-0.39, 0.29) is 5.97 Å². The van der Waals surface area contributed by atoms with Crippen LogP contribution in [-0.4, -0.2) is 57.9 Å². The van der Waals surface area contributed by atoms with E-state index in [1.54, 1.807) is 7.11 Å². The lowest BCUT2D eigenvalue weighted by atomic mass is 10.2. The number of methoxy groups -OCH3 is 1.